The van der Waals surface area contributed by atoms with Crippen LogP contribution < -0.4 is 10.6 Å². The van der Waals surface area contributed by atoms with Gasteiger partial charge in [0.25, 0.3) is 11.8 Å². The molecule has 2 aromatic carbocycles. The molecule has 1 fully saturated rings. The number of fused-ring (bicyclic) bond motifs is 3. The number of nitrogens with one attached hydrogen (secondary N) is 2. The molecule has 1 saturated heterocycles. The van der Waals surface area contributed by atoms with Crippen LogP contribution >= 0.6 is 0 Å². The van der Waals surface area contributed by atoms with Gasteiger partial charge in [-0.2, -0.15) is 0 Å². The van der Waals surface area contributed by atoms with Crippen LogP contribution in [-0.2, 0) is 43.0 Å². The third-order valence-electron chi connectivity index (χ3n) is 8.79. The Balaban J connectivity index is 1.41. The smallest absolute Gasteiger partial charge is 0.432 e. The summed E-state index contributed by atoms with van der Waals surface area (Å²) in [5, 5.41) is 15.1. The lowest BCUT2D eigenvalue weighted by molar-refractivity contribution is -0.177. The van der Waals surface area contributed by atoms with Gasteiger partial charge in [-0.25, -0.2) is 4.79 Å². The van der Waals surface area contributed by atoms with Gasteiger partial charge in [0, 0.05) is 89.4 Å². The molecule has 0 saturated carbocycles. The zero-order chi connectivity index (χ0) is 38.2. The summed E-state index contributed by atoms with van der Waals surface area (Å²) in [7, 11) is 1.62. The molecule has 0 aromatic heterocycles. The van der Waals surface area contributed by atoms with Crippen molar-refractivity contribution < 1.29 is 57.7 Å². The molecular weight excluding hydrogens is 690 g/mol. The molecule has 4 amide bonds. The monoisotopic (exact) mass is 739 g/mol. The molecule has 0 spiro atoms. The third kappa shape index (κ3) is 12.2. The number of carbonyl (C=O) groups excluding carboxylic acids is 6. The maximum atomic E-state index is 13.5. The minimum absolute atomic E-state index is 0.0181. The van der Waals surface area contributed by atoms with Gasteiger partial charge in [0.2, 0.25) is 11.8 Å². The Hall–Kier alpha value is -4.70. The summed E-state index contributed by atoms with van der Waals surface area (Å²) in [5.41, 5.74) is 3.76. The summed E-state index contributed by atoms with van der Waals surface area (Å²) in [6.07, 6.45) is 1.11. The molecular formula is C38H49N3O12. The van der Waals surface area contributed by atoms with E-state index < -0.39 is 23.9 Å². The number of aliphatic hydroxyl groups is 1. The number of rotatable bonds is 23. The van der Waals surface area contributed by atoms with Crippen molar-refractivity contribution in [2.24, 2.45) is 0 Å². The van der Waals surface area contributed by atoms with Crippen molar-refractivity contribution in [2.75, 3.05) is 58.6 Å². The molecule has 3 N–H and O–H groups in total. The predicted molar refractivity (Wildman–Crippen MR) is 191 cm³/mol. The van der Waals surface area contributed by atoms with E-state index in [1.54, 1.807) is 37.4 Å². The Morgan fingerprint density at radius 1 is 0.906 bits per heavy atom. The van der Waals surface area contributed by atoms with Crippen LogP contribution in [0.4, 0.5) is 10.5 Å². The Labute approximate surface area is 308 Å². The number of aliphatic hydroxyl groups excluding tert-OH is 1. The summed E-state index contributed by atoms with van der Waals surface area (Å²) in [4.78, 5) is 80.0. The fourth-order valence-corrected chi connectivity index (χ4v) is 6.12. The first-order valence-corrected chi connectivity index (χ1v) is 18.0. The van der Waals surface area contributed by atoms with Crippen LogP contribution in [0.3, 0.4) is 0 Å². The average molecular weight is 740 g/mol. The highest BCUT2D eigenvalue weighted by Crippen LogP contribution is 2.48. The van der Waals surface area contributed by atoms with Crippen molar-refractivity contribution >= 4 is 41.3 Å². The molecule has 1 heterocycles. The molecule has 53 heavy (non-hydrogen) atoms. The van der Waals surface area contributed by atoms with Gasteiger partial charge in [-0.3, -0.25) is 28.8 Å². The number of hydrogen-bond acceptors (Lipinski definition) is 12. The number of ketones is 1. The van der Waals surface area contributed by atoms with E-state index in [9.17, 15) is 28.8 Å². The lowest BCUT2D eigenvalue weighted by atomic mass is 9.93. The van der Waals surface area contributed by atoms with Crippen molar-refractivity contribution in [1.82, 2.24) is 10.4 Å². The maximum absolute atomic E-state index is 13.5. The fourth-order valence-electron chi connectivity index (χ4n) is 6.12. The molecule has 0 bridgehead atoms. The standard InChI is InChI=1S/C38H49N3O12/c1-25(16-18-42)51-21-5-9-32(43)29-8-3-7-27-31(24-52-38(48)53-41-35(46)14-15-36(41)47)30-23-26(12-13-28(30)37(27)29)40-34(45)11-4-10-33(44)39-17-22-50-20-6-19-49-2/h3,7-8,12-13,23,25,31,42H,4-6,9-11,14-22,24H2,1-2H3,(H,39,44)(H,40,45). The molecule has 2 aliphatic rings. The summed E-state index contributed by atoms with van der Waals surface area (Å²) in [5.74, 6) is -2.42. The Bertz CT molecular complexity index is 1600. The van der Waals surface area contributed by atoms with Crippen LogP contribution in [0.15, 0.2) is 36.4 Å². The molecule has 2 atom stereocenters. The summed E-state index contributed by atoms with van der Waals surface area (Å²) >= 11 is 0. The van der Waals surface area contributed by atoms with Crippen LogP contribution in [-0.4, -0.2) is 105 Å². The van der Waals surface area contributed by atoms with Gasteiger partial charge in [-0.05, 0) is 67.0 Å². The first-order chi connectivity index (χ1) is 25.6. The number of benzene rings is 2. The quantitative estimate of drug-likeness (QED) is 0.0642. The number of imide groups is 1. The van der Waals surface area contributed by atoms with Gasteiger partial charge in [0.1, 0.15) is 6.61 Å². The van der Waals surface area contributed by atoms with Gasteiger partial charge < -0.3 is 34.7 Å². The number of Topliss-reactive ketones (excluding diaryl/α,β-unsaturated/α-hetero) is 1. The maximum Gasteiger partial charge on any atom is 0.533 e. The van der Waals surface area contributed by atoms with Crippen LogP contribution in [0.25, 0.3) is 11.1 Å². The van der Waals surface area contributed by atoms with Crippen LogP contribution in [0.1, 0.15) is 92.1 Å². The summed E-state index contributed by atoms with van der Waals surface area (Å²) < 4.78 is 21.5. The van der Waals surface area contributed by atoms with Crippen molar-refractivity contribution in [3.63, 3.8) is 0 Å². The SMILES string of the molecule is COCCCOCCNC(=O)CCCC(=O)Nc1ccc2c(c1)C(COC(=O)ON1C(=O)CCC1=O)c1cccc(C(=O)CCCOC(C)CCO)c1-2. The van der Waals surface area contributed by atoms with Gasteiger partial charge in [-0.15, -0.1) is 0 Å². The molecule has 1 aliphatic carbocycles. The van der Waals surface area contributed by atoms with E-state index in [1.807, 2.05) is 13.0 Å². The largest absolute Gasteiger partial charge is 0.533 e. The lowest BCUT2D eigenvalue weighted by Crippen LogP contribution is -2.32. The average Bonchev–Trinajstić information content (AvgIpc) is 3.63. The van der Waals surface area contributed by atoms with Crippen molar-refractivity contribution in [2.45, 2.75) is 76.7 Å². The topological polar surface area (TPSA) is 196 Å². The third-order valence-corrected chi connectivity index (χ3v) is 8.79. The van der Waals surface area contributed by atoms with Crippen LogP contribution in [0.2, 0.25) is 0 Å². The zero-order valence-corrected chi connectivity index (χ0v) is 30.3. The molecule has 4 rings (SSSR count). The molecule has 15 nitrogen and oxygen atoms in total. The van der Waals surface area contributed by atoms with E-state index >= 15 is 0 Å². The molecule has 1 aliphatic heterocycles. The van der Waals surface area contributed by atoms with Crippen LogP contribution in [0, 0.1) is 0 Å². The lowest BCUT2D eigenvalue weighted by Gasteiger charge is -2.17. The van der Waals surface area contributed by atoms with E-state index in [1.165, 1.54) is 0 Å². The normalized spacial score (nSPS) is 15.2. The van der Waals surface area contributed by atoms with Crippen molar-refractivity contribution in [1.29, 1.82) is 0 Å². The van der Waals surface area contributed by atoms with E-state index in [-0.39, 0.29) is 69.0 Å². The number of ether oxygens (including phenoxy) is 4. The highest BCUT2D eigenvalue weighted by atomic mass is 16.8. The highest BCUT2D eigenvalue weighted by Gasteiger charge is 2.36. The van der Waals surface area contributed by atoms with Gasteiger partial charge >= 0.3 is 6.16 Å². The first-order valence-electron chi connectivity index (χ1n) is 18.0. The van der Waals surface area contributed by atoms with E-state index in [0.717, 1.165) is 17.5 Å². The minimum atomic E-state index is -1.23. The molecule has 15 heteroatoms. The summed E-state index contributed by atoms with van der Waals surface area (Å²) in [6.45, 7) is 3.91. The van der Waals surface area contributed by atoms with E-state index in [4.69, 9.17) is 28.9 Å². The molecule has 2 aromatic rings. The number of anilines is 1. The molecule has 288 valence electrons. The first kappa shape index (κ1) is 41.1. The van der Waals surface area contributed by atoms with Crippen molar-refractivity contribution in [3.05, 3.63) is 53.1 Å². The number of nitrogens with zero attached hydrogens (tertiary/aromatic N) is 1. The van der Waals surface area contributed by atoms with E-state index in [2.05, 4.69) is 10.6 Å². The van der Waals surface area contributed by atoms with Gasteiger partial charge in [0.15, 0.2) is 5.78 Å². The van der Waals surface area contributed by atoms with Gasteiger partial charge in [-0.1, -0.05) is 29.3 Å². The predicted octanol–water partition coefficient (Wildman–Crippen LogP) is 4.04. The number of carbonyl (C=O) groups is 6. The number of hydrogen-bond donors (Lipinski definition) is 3. The Morgan fingerprint density at radius 3 is 2.43 bits per heavy atom. The van der Waals surface area contributed by atoms with E-state index in [0.29, 0.717) is 79.7 Å². The number of amides is 4. The minimum Gasteiger partial charge on any atom is -0.432 e. The highest BCUT2D eigenvalue weighted by molar-refractivity contribution is 6.05. The Morgan fingerprint density at radius 2 is 1.68 bits per heavy atom. The molecule has 0 radical (unpaired) electrons. The zero-order valence-electron chi connectivity index (χ0n) is 30.3. The second-order valence-electron chi connectivity index (χ2n) is 12.8. The van der Waals surface area contributed by atoms with Crippen molar-refractivity contribution in [3.8, 4) is 11.1 Å². The van der Waals surface area contributed by atoms with Gasteiger partial charge in [0.05, 0.1) is 12.7 Å². The number of hydroxylamine groups is 2. The molecule has 2 unspecified atom stereocenters. The fraction of sp³-hybridized carbons (Fsp3) is 0.526. The van der Waals surface area contributed by atoms with Crippen LogP contribution in [0.5, 0.6) is 0 Å². The summed E-state index contributed by atoms with van der Waals surface area (Å²) in [6, 6.07) is 10.6. The second-order valence-corrected chi connectivity index (χ2v) is 12.8. The second kappa shape index (κ2) is 21.1. The number of methoxy groups -OCH3 is 1. The Kier molecular flexibility index (Phi) is 16.4.